The van der Waals surface area contributed by atoms with Crippen molar-refractivity contribution >= 4 is 34.8 Å². The van der Waals surface area contributed by atoms with Crippen molar-refractivity contribution in [3.63, 3.8) is 0 Å². The number of rotatable bonds is 3. The average molecular weight is 342 g/mol. The lowest BCUT2D eigenvalue weighted by Crippen LogP contribution is -2.31. The molecule has 0 radical (unpaired) electrons. The monoisotopic (exact) mass is 340 g/mol. The van der Waals surface area contributed by atoms with E-state index in [1.165, 1.54) is 0 Å². The maximum Gasteiger partial charge on any atom is 0.119 e. The molecule has 0 amide bonds. The zero-order valence-corrected chi connectivity index (χ0v) is 13.7. The molecule has 1 nitrogen and oxygen atoms in total. The number of halogens is 3. The van der Waals surface area contributed by atoms with Gasteiger partial charge in [-0.15, -0.1) is 11.6 Å². The van der Waals surface area contributed by atoms with E-state index in [1.54, 1.807) is 24.3 Å². The molecule has 3 unspecified atom stereocenters. The summed E-state index contributed by atoms with van der Waals surface area (Å²) in [5.74, 6) is 0.226. The van der Waals surface area contributed by atoms with Crippen LogP contribution < -0.4 is 0 Å². The van der Waals surface area contributed by atoms with Gasteiger partial charge in [0.1, 0.15) is 5.60 Å². The smallest absolute Gasteiger partial charge is 0.119 e. The van der Waals surface area contributed by atoms with Gasteiger partial charge in [0.25, 0.3) is 0 Å². The minimum Gasteiger partial charge on any atom is -0.380 e. The Bertz CT molecular complexity index is 583. The highest BCUT2D eigenvalue weighted by molar-refractivity contribution is 6.30. The van der Waals surface area contributed by atoms with E-state index in [9.17, 15) is 5.11 Å². The molecule has 4 heteroatoms. The summed E-state index contributed by atoms with van der Waals surface area (Å²) in [7, 11) is 0. The van der Waals surface area contributed by atoms with E-state index in [1.807, 2.05) is 24.3 Å². The van der Waals surface area contributed by atoms with E-state index < -0.39 is 5.60 Å². The second-order valence-corrected chi connectivity index (χ2v) is 6.99. The third-order valence-electron chi connectivity index (χ3n) is 4.32. The molecule has 2 aromatic carbocycles. The summed E-state index contributed by atoms with van der Waals surface area (Å²) in [6.45, 7) is 2.05. The van der Waals surface area contributed by atoms with Crippen molar-refractivity contribution < 1.29 is 5.11 Å². The van der Waals surface area contributed by atoms with Gasteiger partial charge >= 0.3 is 0 Å². The molecule has 1 fully saturated rings. The molecule has 0 aromatic heterocycles. The van der Waals surface area contributed by atoms with Gasteiger partial charge in [0.15, 0.2) is 0 Å². The minimum absolute atomic E-state index is 0.0264. The first-order valence-electron chi connectivity index (χ1n) is 6.83. The van der Waals surface area contributed by atoms with Crippen LogP contribution in [-0.2, 0) is 5.60 Å². The van der Waals surface area contributed by atoms with Crippen molar-refractivity contribution in [2.45, 2.75) is 17.9 Å². The van der Waals surface area contributed by atoms with Gasteiger partial charge in [-0.1, -0.05) is 54.4 Å². The Morgan fingerprint density at radius 1 is 0.857 bits per heavy atom. The summed E-state index contributed by atoms with van der Waals surface area (Å²) in [5, 5.41) is 12.7. The molecule has 2 aromatic rings. The van der Waals surface area contributed by atoms with Crippen LogP contribution in [0.15, 0.2) is 48.5 Å². The van der Waals surface area contributed by atoms with Crippen LogP contribution in [0, 0.1) is 11.8 Å². The van der Waals surface area contributed by atoms with Crippen molar-refractivity contribution in [3.8, 4) is 0 Å². The quantitative estimate of drug-likeness (QED) is 0.770. The Balaban J connectivity index is 2.11. The van der Waals surface area contributed by atoms with Gasteiger partial charge in [-0.05, 0) is 41.3 Å². The second-order valence-electron chi connectivity index (χ2n) is 5.61. The van der Waals surface area contributed by atoms with Gasteiger partial charge in [-0.3, -0.25) is 0 Å². The van der Waals surface area contributed by atoms with Crippen molar-refractivity contribution in [3.05, 3.63) is 69.7 Å². The zero-order valence-electron chi connectivity index (χ0n) is 11.4. The van der Waals surface area contributed by atoms with Crippen molar-refractivity contribution in [1.29, 1.82) is 0 Å². The molecule has 0 heterocycles. The predicted octanol–water partition coefficient (Wildman–Crippen LogP) is 5.10. The Morgan fingerprint density at radius 3 is 1.48 bits per heavy atom. The first-order chi connectivity index (χ1) is 9.94. The van der Waals surface area contributed by atoms with Crippen LogP contribution in [0.1, 0.15) is 18.1 Å². The summed E-state index contributed by atoms with van der Waals surface area (Å²) in [4.78, 5) is 0. The zero-order chi connectivity index (χ0) is 15.2. The first-order valence-corrected chi connectivity index (χ1v) is 8.02. The summed E-state index contributed by atoms with van der Waals surface area (Å²) in [5.41, 5.74) is 0.476. The molecule has 0 spiro atoms. The highest BCUT2D eigenvalue weighted by Gasteiger charge is 2.59. The molecule has 110 valence electrons. The lowest BCUT2D eigenvalue weighted by molar-refractivity contribution is 0.0518. The largest absolute Gasteiger partial charge is 0.380 e. The van der Waals surface area contributed by atoms with E-state index >= 15 is 0 Å². The molecule has 1 aliphatic rings. The van der Waals surface area contributed by atoms with Gasteiger partial charge in [0.05, 0.1) is 0 Å². The van der Waals surface area contributed by atoms with Crippen LogP contribution in [0.2, 0.25) is 10.0 Å². The van der Waals surface area contributed by atoms with Gasteiger partial charge < -0.3 is 5.11 Å². The SMILES string of the molecule is CC1C(Cl)C1C(O)(c1ccc(Cl)cc1)c1ccc(Cl)cc1. The normalized spacial score (nSPS) is 24.9. The molecule has 1 saturated carbocycles. The summed E-state index contributed by atoms with van der Waals surface area (Å²) in [6, 6.07) is 14.6. The maximum atomic E-state index is 11.4. The van der Waals surface area contributed by atoms with Crippen molar-refractivity contribution in [2.75, 3.05) is 0 Å². The topological polar surface area (TPSA) is 20.2 Å². The molecule has 21 heavy (non-hydrogen) atoms. The van der Waals surface area contributed by atoms with Crippen LogP contribution in [0.3, 0.4) is 0 Å². The number of aliphatic hydroxyl groups is 1. The van der Waals surface area contributed by atoms with Crippen molar-refractivity contribution in [1.82, 2.24) is 0 Å². The van der Waals surface area contributed by atoms with E-state index in [4.69, 9.17) is 34.8 Å². The summed E-state index contributed by atoms with van der Waals surface area (Å²) >= 11 is 18.2. The lowest BCUT2D eigenvalue weighted by Gasteiger charge is -2.30. The van der Waals surface area contributed by atoms with E-state index in [2.05, 4.69) is 6.92 Å². The summed E-state index contributed by atoms with van der Waals surface area (Å²) in [6.07, 6.45) is 0. The fourth-order valence-electron chi connectivity index (χ4n) is 2.98. The second kappa shape index (κ2) is 5.48. The molecule has 0 saturated heterocycles. The molecule has 1 N–H and O–H groups in total. The lowest BCUT2D eigenvalue weighted by atomic mass is 9.81. The Morgan fingerprint density at radius 2 is 1.19 bits per heavy atom. The van der Waals surface area contributed by atoms with Gasteiger partial charge in [-0.2, -0.15) is 0 Å². The fourth-order valence-corrected chi connectivity index (χ4v) is 3.72. The van der Waals surface area contributed by atoms with E-state index in [0.29, 0.717) is 10.0 Å². The standard InChI is InChI=1S/C17H15Cl3O/c1-10-15(16(10)20)17(21,11-2-6-13(18)7-3-11)12-4-8-14(19)9-5-12/h2-10,15-16,21H,1H3. The third-order valence-corrected chi connectivity index (χ3v) is 5.49. The molecule has 0 bridgehead atoms. The van der Waals surface area contributed by atoms with Crippen LogP contribution in [0.5, 0.6) is 0 Å². The number of hydrogen-bond donors (Lipinski definition) is 1. The Kier molecular flexibility index (Phi) is 3.96. The number of benzene rings is 2. The highest BCUT2D eigenvalue weighted by atomic mass is 35.5. The van der Waals surface area contributed by atoms with E-state index in [-0.39, 0.29) is 17.2 Å². The number of hydrogen-bond acceptors (Lipinski definition) is 1. The molecule has 0 aliphatic heterocycles. The average Bonchev–Trinajstić information content (AvgIpc) is 3.07. The molecular weight excluding hydrogens is 327 g/mol. The molecule has 1 aliphatic carbocycles. The molecule has 3 rings (SSSR count). The van der Waals surface area contributed by atoms with Crippen LogP contribution in [0.25, 0.3) is 0 Å². The van der Waals surface area contributed by atoms with Crippen LogP contribution in [-0.4, -0.2) is 10.5 Å². The summed E-state index contributed by atoms with van der Waals surface area (Å²) < 4.78 is 0. The predicted molar refractivity (Wildman–Crippen MR) is 88.2 cm³/mol. The first kappa shape index (κ1) is 15.2. The van der Waals surface area contributed by atoms with Crippen LogP contribution >= 0.6 is 34.8 Å². The fraction of sp³-hybridized carbons (Fsp3) is 0.294. The third kappa shape index (κ3) is 2.57. The van der Waals surface area contributed by atoms with Gasteiger partial charge in [-0.25, -0.2) is 0 Å². The van der Waals surface area contributed by atoms with Crippen molar-refractivity contribution in [2.24, 2.45) is 11.8 Å². The maximum absolute atomic E-state index is 11.4. The minimum atomic E-state index is -1.12. The van der Waals surface area contributed by atoms with E-state index in [0.717, 1.165) is 11.1 Å². The molecule has 3 atom stereocenters. The number of alkyl halides is 1. The van der Waals surface area contributed by atoms with Gasteiger partial charge in [0.2, 0.25) is 0 Å². The Labute approximate surface area is 139 Å². The van der Waals surface area contributed by atoms with Gasteiger partial charge in [0, 0.05) is 21.3 Å². The molecular formula is C17H15Cl3O. The highest BCUT2D eigenvalue weighted by Crippen LogP contribution is 2.56. The Hall–Kier alpha value is -0.730. The van der Waals surface area contributed by atoms with Crippen LogP contribution in [0.4, 0.5) is 0 Å².